The topological polar surface area (TPSA) is 74.9 Å². The summed E-state index contributed by atoms with van der Waals surface area (Å²) in [5.74, 6) is 1.25. The minimum Gasteiger partial charge on any atom is -0.492 e. The number of nitrogens with one attached hydrogen (secondary N) is 1. The number of likely N-dealkylation sites (N-methyl/N-ethyl adjacent to an activating group) is 2. The van der Waals surface area contributed by atoms with E-state index in [1.54, 1.807) is 11.9 Å². The largest absolute Gasteiger partial charge is 0.492 e. The summed E-state index contributed by atoms with van der Waals surface area (Å²) >= 11 is 0. The van der Waals surface area contributed by atoms with Crippen LogP contribution < -0.4 is 14.4 Å². The van der Waals surface area contributed by atoms with Gasteiger partial charge in [-0.3, -0.25) is 9.59 Å². The molecular formula is C33H37N3O4. The summed E-state index contributed by atoms with van der Waals surface area (Å²) in [6, 6.07) is 20.8. The molecular weight excluding hydrogens is 502 g/mol. The number of rotatable bonds is 10. The van der Waals surface area contributed by atoms with Crippen LogP contribution in [0.15, 0.2) is 66.7 Å². The van der Waals surface area contributed by atoms with E-state index < -0.39 is 5.41 Å². The van der Waals surface area contributed by atoms with E-state index in [2.05, 4.69) is 37.6 Å². The summed E-state index contributed by atoms with van der Waals surface area (Å²) in [4.78, 5) is 34.0. The van der Waals surface area contributed by atoms with Gasteiger partial charge in [0.15, 0.2) is 12.4 Å². The van der Waals surface area contributed by atoms with Gasteiger partial charge in [0.05, 0.1) is 5.56 Å². The first kappa shape index (κ1) is 27.5. The molecule has 7 heteroatoms. The second kappa shape index (κ2) is 11.2. The molecule has 1 aliphatic carbocycles. The maximum atomic E-state index is 13.8. The van der Waals surface area contributed by atoms with Crippen molar-refractivity contribution in [2.75, 3.05) is 44.8 Å². The first-order chi connectivity index (χ1) is 19.2. The minimum absolute atomic E-state index is 0.00120. The van der Waals surface area contributed by atoms with Gasteiger partial charge >= 0.3 is 0 Å². The molecule has 0 radical (unpaired) electrons. The van der Waals surface area contributed by atoms with Crippen LogP contribution in [0, 0.1) is 0 Å². The van der Waals surface area contributed by atoms with Crippen molar-refractivity contribution in [2.24, 2.45) is 0 Å². The second-order valence-corrected chi connectivity index (χ2v) is 10.7. The Balaban J connectivity index is 1.39. The summed E-state index contributed by atoms with van der Waals surface area (Å²) in [5, 5.41) is 0.850. The number of carbonyl (C=O) groups excluding carboxylic acids is 2. The molecule has 1 aromatic heterocycles. The number of hydrogen-bond acceptors (Lipinski definition) is 5. The van der Waals surface area contributed by atoms with Crippen LogP contribution in [0.2, 0.25) is 0 Å². The molecule has 40 heavy (non-hydrogen) atoms. The Morgan fingerprint density at radius 3 is 2.40 bits per heavy atom. The molecule has 0 atom stereocenters. The Morgan fingerprint density at radius 1 is 0.925 bits per heavy atom. The number of ketones is 1. The highest BCUT2D eigenvalue weighted by Crippen LogP contribution is 2.45. The van der Waals surface area contributed by atoms with Gasteiger partial charge in [0, 0.05) is 46.9 Å². The number of carbonyl (C=O) groups is 2. The number of H-pyrrole nitrogens is 1. The van der Waals surface area contributed by atoms with E-state index in [1.165, 1.54) is 0 Å². The molecule has 0 fully saturated rings. The van der Waals surface area contributed by atoms with Crippen molar-refractivity contribution in [3.8, 4) is 11.5 Å². The normalized spacial score (nSPS) is 13.7. The van der Waals surface area contributed by atoms with Gasteiger partial charge in [0.2, 0.25) is 0 Å². The number of fused-ring (bicyclic) bond motifs is 4. The summed E-state index contributed by atoms with van der Waals surface area (Å²) in [6.45, 7) is 11.9. The zero-order valence-corrected chi connectivity index (χ0v) is 23.9. The van der Waals surface area contributed by atoms with Gasteiger partial charge in [-0.2, -0.15) is 0 Å². The van der Waals surface area contributed by atoms with Crippen LogP contribution in [0.5, 0.6) is 11.5 Å². The third kappa shape index (κ3) is 5.09. The molecule has 0 saturated carbocycles. The lowest BCUT2D eigenvalue weighted by molar-refractivity contribution is -0.120. The molecule has 0 spiro atoms. The van der Waals surface area contributed by atoms with Crippen LogP contribution >= 0.6 is 0 Å². The van der Waals surface area contributed by atoms with Gasteiger partial charge in [-0.05, 0) is 61.1 Å². The minimum atomic E-state index is -0.443. The Kier molecular flexibility index (Phi) is 7.68. The lowest BCUT2D eigenvalue weighted by Crippen LogP contribution is -2.31. The van der Waals surface area contributed by atoms with Crippen LogP contribution in [0.4, 0.5) is 5.69 Å². The fourth-order valence-corrected chi connectivity index (χ4v) is 5.43. The number of benzene rings is 3. The summed E-state index contributed by atoms with van der Waals surface area (Å²) in [5.41, 5.74) is 4.30. The molecule has 1 amide bonds. The van der Waals surface area contributed by atoms with Gasteiger partial charge in [0.1, 0.15) is 18.1 Å². The maximum absolute atomic E-state index is 13.8. The summed E-state index contributed by atoms with van der Waals surface area (Å²) in [7, 11) is 1.73. The number of ether oxygens (including phenoxy) is 2. The molecule has 0 aliphatic heterocycles. The molecule has 7 nitrogen and oxygen atoms in total. The quantitative estimate of drug-likeness (QED) is 0.276. The summed E-state index contributed by atoms with van der Waals surface area (Å²) in [6.07, 6.45) is 0. The van der Waals surface area contributed by atoms with Crippen molar-refractivity contribution in [1.82, 2.24) is 9.88 Å². The van der Waals surface area contributed by atoms with Gasteiger partial charge in [-0.25, -0.2) is 0 Å². The van der Waals surface area contributed by atoms with Crippen LogP contribution in [0.3, 0.4) is 0 Å². The molecule has 4 aromatic rings. The van der Waals surface area contributed by atoms with Crippen LogP contribution in [0.25, 0.3) is 10.9 Å². The Bertz CT molecular complexity index is 1540. The molecule has 1 aliphatic rings. The molecule has 0 saturated heterocycles. The number of aromatic nitrogens is 1. The van der Waals surface area contributed by atoms with E-state index in [9.17, 15) is 9.59 Å². The van der Waals surface area contributed by atoms with Crippen LogP contribution in [0.1, 0.15) is 54.9 Å². The molecule has 0 bridgehead atoms. The van der Waals surface area contributed by atoms with E-state index >= 15 is 0 Å². The SMILES string of the molecule is CCN(CC)CCOc1ccc2c(c1)C(C)(C)c1[nH]c3cc(N(C)C(=O)COc4ccccc4)ccc3c1C2=O. The van der Waals surface area contributed by atoms with Crippen molar-refractivity contribution in [3.63, 3.8) is 0 Å². The molecule has 1 N–H and O–H groups in total. The highest BCUT2D eigenvalue weighted by Gasteiger charge is 2.40. The number of amides is 1. The highest BCUT2D eigenvalue weighted by atomic mass is 16.5. The molecule has 5 rings (SSSR count). The zero-order valence-electron chi connectivity index (χ0n) is 23.9. The predicted molar refractivity (Wildman–Crippen MR) is 159 cm³/mol. The number of hydrogen-bond donors (Lipinski definition) is 1. The number of aromatic amines is 1. The van der Waals surface area contributed by atoms with E-state index in [-0.39, 0.29) is 18.3 Å². The fraction of sp³-hybridized carbons (Fsp3) is 0.333. The Morgan fingerprint density at radius 2 is 1.68 bits per heavy atom. The summed E-state index contributed by atoms with van der Waals surface area (Å²) < 4.78 is 11.7. The van der Waals surface area contributed by atoms with E-state index in [4.69, 9.17) is 9.47 Å². The first-order valence-corrected chi connectivity index (χ1v) is 13.9. The lowest BCUT2D eigenvalue weighted by atomic mass is 9.71. The van der Waals surface area contributed by atoms with Gasteiger partial charge in [-0.15, -0.1) is 0 Å². The Hall–Kier alpha value is -4.10. The smallest absolute Gasteiger partial charge is 0.264 e. The number of nitrogens with zero attached hydrogens (tertiary/aromatic N) is 2. The fourth-order valence-electron chi connectivity index (χ4n) is 5.43. The van der Waals surface area contributed by atoms with Gasteiger partial charge in [0.25, 0.3) is 5.91 Å². The second-order valence-electron chi connectivity index (χ2n) is 10.7. The van der Waals surface area contributed by atoms with Crippen molar-refractivity contribution in [2.45, 2.75) is 33.1 Å². The third-order valence-electron chi connectivity index (χ3n) is 7.98. The predicted octanol–water partition coefficient (Wildman–Crippen LogP) is 5.80. The highest BCUT2D eigenvalue weighted by molar-refractivity contribution is 6.20. The lowest BCUT2D eigenvalue weighted by Gasteiger charge is -2.32. The van der Waals surface area contributed by atoms with Crippen molar-refractivity contribution in [3.05, 3.63) is 89.1 Å². The van der Waals surface area contributed by atoms with Crippen LogP contribution in [-0.4, -0.2) is 61.5 Å². The molecule has 3 aromatic carbocycles. The van der Waals surface area contributed by atoms with Crippen LogP contribution in [-0.2, 0) is 10.2 Å². The molecule has 1 heterocycles. The molecule has 208 valence electrons. The van der Waals surface area contributed by atoms with Gasteiger partial charge in [-0.1, -0.05) is 52.0 Å². The average Bonchev–Trinajstić information content (AvgIpc) is 3.37. The van der Waals surface area contributed by atoms with E-state index in [0.717, 1.165) is 53.2 Å². The van der Waals surface area contributed by atoms with Gasteiger partial charge < -0.3 is 24.3 Å². The van der Waals surface area contributed by atoms with Crippen molar-refractivity contribution in [1.29, 1.82) is 0 Å². The number of para-hydroxylation sites is 1. The monoisotopic (exact) mass is 539 g/mol. The van der Waals surface area contributed by atoms with E-state index in [0.29, 0.717) is 23.5 Å². The standard InChI is InChI=1S/C33H37N3O4/c1-6-36(7-2)17-18-39-24-14-16-25-27(20-24)33(3,4)32-30(31(25)38)26-15-13-22(19-28(26)34-32)35(5)29(37)21-40-23-11-9-8-10-12-23/h8-16,19-20,34H,6-7,17-18,21H2,1-5H3. The first-order valence-electron chi connectivity index (χ1n) is 13.9. The third-order valence-corrected chi connectivity index (χ3v) is 7.98. The zero-order chi connectivity index (χ0) is 28.4. The Labute approximate surface area is 235 Å². The number of anilines is 1. The van der Waals surface area contributed by atoms with Crippen molar-refractivity contribution >= 4 is 28.3 Å². The average molecular weight is 540 g/mol. The van der Waals surface area contributed by atoms with Crippen molar-refractivity contribution < 1.29 is 19.1 Å². The maximum Gasteiger partial charge on any atom is 0.264 e. The molecule has 0 unspecified atom stereocenters. The van der Waals surface area contributed by atoms with E-state index in [1.807, 2.05) is 66.7 Å².